The maximum absolute atomic E-state index is 9.78. The molecule has 0 bridgehead atoms. The SMILES string of the molecule is COCC(O)CN1CCC(c2ccccc2OC)CC1. The van der Waals surface area contributed by atoms with Crippen molar-refractivity contribution in [1.29, 1.82) is 0 Å². The summed E-state index contributed by atoms with van der Waals surface area (Å²) in [6.07, 6.45) is 1.84. The van der Waals surface area contributed by atoms with Crippen molar-refractivity contribution in [1.82, 2.24) is 4.90 Å². The monoisotopic (exact) mass is 279 g/mol. The number of aliphatic hydroxyl groups excluding tert-OH is 1. The Morgan fingerprint density at radius 1 is 1.25 bits per heavy atom. The van der Waals surface area contributed by atoms with Gasteiger partial charge in [-0.1, -0.05) is 18.2 Å². The summed E-state index contributed by atoms with van der Waals surface area (Å²) in [6, 6.07) is 8.29. The molecule has 1 N–H and O–H groups in total. The van der Waals surface area contributed by atoms with Gasteiger partial charge in [-0.15, -0.1) is 0 Å². The van der Waals surface area contributed by atoms with Crippen molar-refractivity contribution in [3.8, 4) is 5.75 Å². The lowest BCUT2D eigenvalue weighted by Crippen LogP contribution is -2.39. The first-order chi connectivity index (χ1) is 9.74. The van der Waals surface area contributed by atoms with Crippen LogP contribution in [0.4, 0.5) is 0 Å². The van der Waals surface area contributed by atoms with E-state index >= 15 is 0 Å². The van der Waals surface area contributed by atoms with E-state index in [9.17, 15) is 5.11 Å². The molecule has 0 amide bonds. The minimum absolute atomic E-state index is 0.386. The van der Waals surface area contributed by atoms with Gasteiger partial charge in [0.2, 0.25) is 0 Å². The third-order valence-electron chi connectivity index (χ3n) is 3.99. The van der Waals surface area contributed by atoms with E-state index in [4.69, 9.17) is 9.47 Å². The second-order valence-corrected chi connectivity index (χ2v) is 5.43. The van der Waals surface area contributed by atoms with Crippen molar-refractivity contribution in [3.63, 3.8) is 0 Å². The van der Waals surface area contributed by atoms with Gasteiger partial charge in [0.15, 0.2) is 0 Å². The van der Waals surface area contributed by atoms with Gasteiger partial charge in [-0.2, -0.15) is 0 Å². The fourth-order valence-corrected chi connectivity index (χ4v) is 2.97. The second kappa shape index (κ2) is 7.62. The summed E-state index contributed by atoms with van der Waals surface area (Å²) in [5.41, 5.74) is 1.31. The summed E-state index contributed by atoms with van der Waals surface area (Å²) in [5.74, 6) is 1.55. The molecule has 1 aromatic carbocycles. The van der Waals surface area contributed by atoms with Gasteiger partial charge < -0.3 is 19.5 Å². The number of piperidine rings is 1. The molecular weight excluding hydrogens is 254 g/mol. The zero-order valence-corrected chi connectivity index (χ0v) is 12.4. The molecule has 2 rings (SSSR count). The number of likely N-dealkylation sites (tertiary alicyclic amines) is 1. The topological polar surface area (TPSA) is 41.9 Å². The Balaban J connectivity index is 1.88. The van der Waals surface area contributed by atoms with Crippen LogP contribution < -0.4 is 4.74 Å². The average Bonchev–Trinajstić information content (AvgIpc) is 2.48. The molecule has 1 aliphatic rings. The lowest BCUT2D eigenvalue weighted by molar-refractivity contribution is 0.0319. The first-order valence-electron chi connectivity index (χ1n) is 7.27. The maximum Gasteiger partial charge on any atom is 0.122 e. The fourth-order valence-electron chi connectivity index (χ4n) is 2.97. The molecule has 4 heteroatoms. The molecule has 20 heavy (non-hydrogen) atoms. The van der Waals surface area contributed by atoms with Gasteiger partial charge >= 0.3 is 0 Å². The van der Waals surface area contributed by atoms with Crippen LogP contribution in [0.5, 0.6) is 5.75 Å². The number of benzene rings is 1. The quantitative estimate of drug-likeness (QED) is 0.863. The Bertz CT molecular complexity index is 402. The number of hydrogen-bond acceptors (Lipinski definition) is 4. The van der Waals surface area contributed by atoms with Crippen LogP contribution in [0.3, 0.4) is 0 Å². The number of methoxy groups -OCH3 is 2. The van der Waals surface area contributed by atoms with Crippen molar-refractivity contribution in [2.24, 2.45) is 0 Å². The smallest absolute Gasteiger partial charge is 0.122 e. The number of nitrogens with zero attached hydrogens (tertiary/aromatic N) is 1. The van der Waals surface area contributed by atoms with Gasteiger partial charge in [0.1, 0.15) is 5.75 Å². The largest absolute Gasteiger partial charge is 0.496 e. The minimum atomic E-state index is -0.386. The van der Waals surface area contributed by atoms with E-state index in [0.717, 1.165) is 31.7 Å². The Labute approximate surface area is 121 Å². The normalized spacial score (nSPS) is 18.9. The van der Waals surface area contributed by atoms with Crippen LogP contribution in [0.25, 0.3) is 0 Å². The highest BCUT2D eigenvalue weighted by molar-refractivity contribution is 5.36. The van der Waals surface area contributed by atoms with E-state index in [2.05, 4.69) is 17.0 Å². The summed E-state index contributed by atoms with van der Waals surface area (Å²) in [6.45, 7) is 3.14. The van der Waals surface area contributed by atoms with Gasteiger partial charge in [0.05, 0.1) is 19.8 Å². The lowest BCUT2D eigenvalue weighted by Gasteiger charge is -2.33. The molecule has 112 valence electrons. The molecule has 1 unspecified atom stereocenters. The lowest BCUT2D eigenvalue weighted by atomic mass is 9.88. The Hall–Kier alpha value is -1.10. The summed E-state index contributed by atoms with van der Waals surface area (Å²) < 4.78 is 10.4. The summed E-state index contributed by atoms with van der Waals surface area (Å²) in [4.78, 5) is 2.32. The van der Waals surface area contributed by atoms with Crippen molar-refractivity contribution >= 4 is 0 Å². The van der Waals surface area contributed by atoms with Gasteiger partial charge in [0, 0.05) is 13.7 Å². The highest BCUT2D eigenvalue weighted by Gasteiger charge is 2.23. The van der Waals surface area contributed by atoms with Crippen LogP contribution >= 0.6 is 0 Å². The third-order valence-corrected chi connectivity index (χ3v) is 3.99. The van der Waals surface area contributed by atoms with Crippen molar-refractivity contribution in [2.75, 3.05) is 40.5 Å². The van der Waals surface area contributed by atoms with E-state index in [1.54, 1.807) is 14.2 Å². The Kier molecular flexibility index (Phi) is 5.83. The number of β-amino-alcohol motifs (C(OH)–C–C–N with tert-alkyl or cyclic N) is 1. The number of aliphatic hydroxyl groups is 1. The van der Waals surface area contributed by atoms with Gasteiger partial charge in [-0.3, -0.25) is 0 Å². The number of rotatable bonds is 6. The van der Waals surface area contributed by atoms with Crippen LogP contribution in [0.2, 0.25) is 0 Å². The first kappa shape index (κ1) is 15.3. The summed E-state index contributed by atoms with van der Waals surface area (Å²) >= 11 is 0. The molecule has 1 saturated heterocycles. The summed E-state index contributed by atoms with van der Waals surface area (Å²) in [5, 5.41) is 9.78. The highest BCUT2D eigenvalue weighted by atomic mass is 16.5. The van der Waals surface area contributed by atoms with E-state index in [1.807, 2.05) is 12.1 Å². The molecule has 4 nitrogen and oxygen atoms in total. The summed E-state index contributed by atoms with van der Waals surface area (Å²) in [7, 11) is 3.35. The first-order valence-corrected chi connectivity index (χ1v) is 7.27. The van der Waals surface area contributed by atoms with Crippen LogP contribution in [-0.4, -0.2) is 56.6 Å². The van der Waals surface area contributed by atoms with Gasteiger partial charge in [0.25, 0.3) is 0 Å². The fraction of sp³-hybridized carbons (Fsp3) is 0.625. The molecule has 0 saturated carbocycles. The van der Waals surface area contributed by atoms with Crippen LogP contribution in [0.1, 0.15) is 24.3 Å². The van der Waals surface area contributed by atoms with Crippen molar-refractivity contribution in [2.45, 2.75) is 24.9 Å². The standard InChI is InChI=1S/C16H25NO3/c1-19-12-14(18)11-17-9-7-13(8-10-17)15-5-3-4-6-16(15)20-2/h3-6,13-14,18H,7-12H2,1-2H3. The minimum Gasteiger partial charge on any atom is -0.496 e. The van der Waals surface area contributed by atoms with E-state index < -0.39 is 0 Å². The van der Waals surface area contributed by atoms with E-state index in [1.165, 1.54) is 5.56 Å². The third kappa shape index (κ3) is 3.95. The van der Waals surface area contributed by atoms with E-state index in [-0.39, 0.29) is 6.10 Å². The molecule has 1 atom stereocenters. The molecule has 0 aliphatic carbocycles. The Morgan fingerprint density at radius 2 is 1.95 bits per heavy atom. The predicted molar refractivity (Wildman–Crippen MR) is 79.3 cm³/mol. The zero-order valence-electron chi connectivity index (χ0n) is 12.4. The van der Waals surface area contributed by atoms with Crippen LogP contribution in [-0.2, 0) is 4.74 Å². The average molecular weight is 279 g/mol. The number of para-hydroxylation sites is 1. The van der Waals surface area contributed by atoms with Crippen molar-refractivity contribution < 1.29 is 14.6 Å². The molecule has 0 radical (unpaired) electrons. The van der Waals surface area contributed by atoms with E-state index in [0.29, 0.717) is 19.1 Å². The molecule has 1 aromatic rings. The van der Waals surface area contributed by atoms with Crippen molar-refractivity contribution in [3.05, 3.63) is 29.8 Å². The second-order valence-electron chi connectivity index (χ2n) is 5.43. The molecule has 1 heterocycles. The number of ether oxygens (including phenoxy) is 2. The predicted octanol–water partition coefficient (Wildman–Crippen LogP) is 1.88. The van der Waals surface area contributed by atoms with Gasteiger partial charge in [-0.25, -0.2) is 0 Å². The Morgan fingerprint density at radius 3 is 2.60 bits per heavy atom. The van der Waals surface area contributed by atoms with Crippen LogP contribution in [0, 0.1) is 0 Å². The molecular formula is C16H25NO3. The molecule has 1 fully saturated rings. The number of hydrogen-bond donors (Lipinski definition) is 1. The zero-order chi connectivity index (χ0) is 14.4. The van der Waals surface area contributed by atoms with Gasteiger partial charge in [-0.05, 0) is 43.5 Å². The highest BCUT2D eigenvalue weighted by Crippen LogP contribution is 2.33. The maximum atomic E-state index is 9.78. The van der Waals surface area contributed by atoms with Crippen LogP contribution in [0.15, 0.2) is 24.3 Å². The molecule has 0 spiro atoms. The molecule has 0 aromatic heterocycles. The molecule has 1 aliphatic heterocycles.